The molecule has 21 heavy (non-hydrogen) atoms. The van der Waals surface area contributed by atoms with E-state index in [4.69, 9.17) is 0 Å². The lowest BCUT2D eigenvalue weighted by Gasteiger charge is -2.36. The molecule has 2 aliphatic heterocycles. The van der Waals surface area contributed by atoms with Crippen LogP contribution in [0.1, 0.15) is 27.2 Å². The zero-order valence-corrected chi connectivity index (χ0v) is 12.9. The summed E-state index contributed by atoms with van der Waals surface area (Å²) in [4.78, 5) is 19.9. The van der Waals surface area contributed by atoms with Crippen LogP contribution < -0.4 is 4.90 Å². The van der Waals surface area contributed by atoms with E-state index < -0.39 is 6.09 Å². The number of pyridine rings is 1. The summed E-state index contributed by atoms with van der Waals surface area (Å²) in [5.74, 6) is 0.422. The number of hydrogen-bond acceptors (Lipinski definition) is 3. The van der Waals surface area contributed by atoms with Crippen LogP contribution in [0.15, 0.2) is 24.5 Å². The van der Waals surface area contributed by atoms with Crippen molar-refractivity contribution >= 4 is 11.8 Å². The van der Waals surface area contributed by atoms with E-state index in [0.29, 0.717) is 5.92 Å². The van der Waals surface area contributed by atoms with Gasteiger partial charge in [-0.2, -0.15) is 0 Å². The second-order valence-electron chi connectivity index (χ2n) is 7.25. The molecule has 0 saturated carbocycles. The van der Waals surface area contributed by atoms with Crippen molar-refractivity contribution in [1.82, 2.24) is 9.88 Å². The Morgan fingerprint density at radius 3 is 2.71 bits per heavy atom. The molecule has 1 amide bonds. The van der Waals surface area contributed by atoms with Gasteiger partial charge in [0, 0.05) is 31.2 Å². The number of aromatic nitrogens is 1. The summed E-state index contributed by atoms with van der Waals surface area (Å²) in [5, 5.41) is 9.65. The summed E-state index contributed by atoms with van der Waals surface area (Å²) in [7, 11) is 0. The Morgan fingerprint density at radius 2 is 2.14 bits per heavy atom. The molecular formula is C16H23N3O2. The van der Waals surface area contributed by atoms with Gasteiger partial charge in [-0.15, -0.1) is 0 Å². The van der Waals surface area contributed by atoms with Crippen molar-refractivity contribution in [3.63, 3.8) is 0 Å². The SMILES string of the molecule is CC(C)(C)C1C[C@@H]2CN(c3cccnc3)C[C@@H]2N1C(=O)O. The van der Waals surface area contributed by atoms with Gasteiger partial charge in [0.2, 0.25) is 0 Å². The maximum atomic E-state index is 11.7. The van der Waals surface area contributed by atoms with Crippen molar-refractivity contribution in [3.8, 4) is 0 Å². The van der Waals surface area contributed by atoms with Gasteiger partial charge in [-0.3, -0.25) is 9.88 Å². The van der Waals surface area contributed by atoms with E-state index >= 15 is 0 Å². The number of rotatable bonds is 1. The van der Waals surface area contributed by atoms with Crippen LogP contribution in [-0.2, 0) is 0 Å². The van der Waals surface area contributed by atoms with Gasteiger partial charge < -0.3 is 10.0 Å². The molecule has 2 aliphatic rings. The Labute approximate surface area is 125 Å². The number of carboxylic acid groups (broad SMARTS) is 1. The first kappa shape index (κ1) is 14.2. The smallest absolute Gasteiger partial charge is 0.407 e. The molecule has 5 heteroatoms. The Morgan fingerprint density at radius 1 is 1.38 bits per heavy atom. The summed E-state index contributed by atoms with van der Waals surface area (Å²) in [6.07, 6.45) is 3.79. The van der Waals surface area contributed by atoms with Gasteiger partial charge in [0.15, 0.2) is 0 Å². The highest BCUT2D eigenvalue weighted by Gasteiger charge is 2.51. The van der Waals surface area contributed by atoms with E-state index in [0.717, 1.165) is 25.2 Å². The normalized spacial score (nSPS) is 28.8. The highest BCUT2D eigenvalue weighted by molar-refractivity contribution is 5.67. The van der Waals surface area contributed by atoms with Crippen LogP contribution in [-0.4, -0.2) is 46.3 Å². The molecule has 3 heterocycles. The van der Waals surface area contributed by atoms with Crippen LogP contribution in [0.3, 0.4) is 0 Å². The van der Waals surface area contributed by atoms with E-state index in [1.165, 1.54) is 0 Å². The average Bonchev–Trinajstić information content (AvgIpc) is 2.95. The highest BCUT2D eigenvalue weighted by Crippen LogP contribution is 2.43. The molecule has 5 nitrogen and oxygen atoms in total. The number of carbonyl (C=O) groups is 1. The lowest BCUT2D eigenvalue weighted by atomic mass is 9.84. The van der Waals surface area contributed by atoms with Crippen LogP contribution in [0, 0.1) is 11.3 Å². The summed E-state index contributed by atoms with van der Waals surface area (Å²) < 4.78 is 0. The zero-order chi connectivity index (χ0) is 15.2. The average molecular weight is 289 g/mol. The number of likely N-dealkylation sites (tertiary alicyclic amines) is 1. The minimum atomic E-state index is -0.782. The van der Waals surface area contributed by atoms with Gasteiger partial charge in [0.05, 0.1) is 17.9 Å². The highest BCUT2D eigenvalue weighted by atomic mass is 16.4. The van der Waals surface area contributed by atoms with Gasteiger partial charge in [0.25, 0.3) is 0 Å². The Kier molecular flexibility index (Phi) is 3.30. The molecule has 1 N–H and O–H groups in total. The zero-order valence-electron chi connectivity index (χ0n) is 12.9. The van der Waals surface area contributed by atoms with Crippen LogP contribution in [0.4, 0.5) is 10.5 Å². The summed E-state index contributed by atoms with van der Waals surface area (Å²) >= 11 is 0. The quantitative estimate of drug-likeness (QED) is 0.863. The first-order valence-electron chi connectivity index (χ1n) is 7.54. The third kappa shape index (κ3) is 2.45. The molecule has 1 aromatic heterocycles. The van der Waals surface area contributed by atoms with Gasteiger partial charge >= 0.3 is 6.09 Å². The van der Waals surface area contributed by atoms with Crippen molar-refractivity contribution in [2.75, 3.05) is 18.0 Å². The standard InChI is InChI=1S/C16H23N3O2/c1-16(2,3)14-7-11-9-18(12-5-4-6-17-8-12)10-13(11)19(14)15(20)21/h4-6,8,11,13-14H,7,9-10H2,1-3H3,(H,20,21)/t11-,13+,14?/m1/s1. The molecule has 114 valence electrons. The van der Waals surface area contributed by atoms with Crippen LogP contribution in [0.2, 0.25) is 0 Å². The van der Waals surface area contributed by atoms with Crippen molar-refractivity contribution < 1.29 is 9.90 Å². The monoisotopic (exact) mass is 289 g/mol. The van der Waals surface area contributed by atoms with Crippen LogP contribution in [0.25, 0.3) is 0 Å². The fourth-order valence-corrected chi connectivity index (χ4v) is 3.83. The number of anilines is 1. The van der Waals surface area contributed by atoms with Gasteiger partial charge in [0.1, 0.15) is 0 Å². The van der Waals surface area contributed by atoms with Crippen LogP contribution in [0.5, 0.6) is 0 Å². The van der Waals surface area contributed by atoms with Crippen molar-refractivity contribution in [2.45, 2.75) is 39.3 Å². The van der Waals surface area contributed by atoms with E-state index in [2.05, 4.69) is 30.7 Å². The predicted octanol–water partition coefficient (Wildman–Crippen LogP) is 2.68. The molecule has 1 unspecified atom stereocenters. The third-order valence-electron chi connectivity index (χ3n) is 4.86. The van der Waals surface area contributed by atoms with Gasteiger partial charge in [-0.25, -0.2) is 4.79 Å². The topological polar surface area (TPSA) is 56.7 Å². The number of nitrogens with zero attached hydrogens (tertiary/aromatic N) is 3. The lowest BCUT2D eigenvalue weighted by Crippen LogP contribution is -2.48. The molecule has 1 aromatic rings. The Hall–Kier alpha value is -1.78. The van der Waals surface area contributed by atoms with E-state index in [1.54, 1.807) is 11.1 Å². The predicted molar refractivity (Wildman–Crippen MR) is 81.5 cm³/mol. The third-order valence-corrected chi connectivity index (χ3v) is 4.86. The molecule has 0 aliphatic carbocycles. The summed E-state index contributed by atoms with van der Waals surface area (Å²) in [6.45, 7) is 8.09. The molecule has 2 saturated heterocycles. The first-order chi connectivity index (χ1) is 9.88. The Balaban J connectivity index is 1.81. The van der Waals surface area contributed by atoms with Gasteiger partial charge in [-0.05, 0) is 24.0 Å². The summed E-state index contributed by atoms with van der Waals surface area (Å²) in [5.41, 5.74) is 1.08. The maximum Gasteiger partial charge on any atom is 0.407 e. The summed E-state index contributed by atoms with van der Waals surface area (Å²) in [6, 6.07) is 4.18. The van der Waals surface area contributed by atoms with Crippen molar-refractivity contribution in [1.29, 1.82) is 0 Å². The minimum absolute atomic E-state index is 0.0120. The van der Waals surface area contributed by atoms with Crippen LogP contribution >= 0.6 is 0 Å². The molecule has 0 radical (unpaired) electrons. The molecule has 0 bridgehead atoms. The fourth-order valence-electron chi connectivity index (χ4n) is 3.83. The second kappa shape index (κ2) is 4.90. The van der Waals surface area contributed by atoms with E-state index in [-0.39, 0.29) is 17.5 Å². The molecular weight excluding hydrogens is 266 g/mol. The van der Waals surface area contributed by atoms with Gasteiger partial charge in [-0.1, -0.05) is 20.8 Å². The number of hydrogen-bond donors (Lipinski definition) is 1. The minimum Gasteiger partial charge on any atom is -0.465 e. The largest absolute Gasteiger partial charge is 0.465 e. The number of fused-ring (bicyclic) bond motifs is 1. The van der Waals surface area contributed by atoms with E-state index in [1.807, 2.05) is 18.3 Å². The molecule has 2 fully saturated rings. The fraction of sp³-hybridized carbons (Fsp3) is 0.625. The maximum absolute atomic E-state index is 11.7. The second-order valence-corrected chi connectivity index (χ2v) is 7.25. The molecule has 0 spiro atoms. The van der Waals surface area contributed by atoms with E-state index in [9.17, 15) is 9.90 Å². The molecule has 3 rings (SSSR count). The molecule has 0 aromatic carbocycles. The Bertz CT molecular complexity index is 526. The van der Waals surface area contributed by atoms with Crippen molar-refractivity contribution in [3.05, 3.63) is 24.5 Å². The lowest BCUT2D eigenvalue weighted by molar-refractivity contribution is 0.0889. The first-order valence-corrected chi connectivity index (χ1v) is 7.54. The number of amides is 1. The van der Waals surface area contributed by atoms with Crippen molar-refractivity contribution in [2.24, 2.45) is 11.3 Å². The molecule has 3 atom stereocenters.